The van der Waals surface area contributed by atoms with Crippen molar-refractivity contribution in [3.63, 3.8) is 0 Å². The van der Waals surface area contributed by atoms with Crippen LogP contribution in [0, 0.1) is 30.1 Å². The molecule has 0 aliphatic heterocycles. The van der Waals surface area contributed by atoms with E-state index < -0.39 is 0 Å². The molecule has 122 valence electrons. The van der Waals surface area contributed by atoms with E-state index in [4.69, 9.17) is 5.26 Å². The molecular weight excluding hydrogens is 324 g/mol. The van der Waals surface area contributed by atoms with E-state index in [1.807, 2.05) is 13.0 Å². The zero-order valence-corrected chi connectivity index (χ0v) is 14.1. The number of hydrogen-bond acceptors (Lipinski definition) is 5. The van der Waals surface area contributed by atoms with Crippen molar-refractivity contribution in [3.8, 4) is 6.07 Å². The second-order valence-corrected chi connectivity index (χ2v) is 6.70. The molecule has 7 heteroatoms. The first-order valence-electron chi connectivity index (χ1n) is 7.58. The Hall–Kier alpha value is -2.72. The van der Waals surface area contributed by atoms with Crippen LogP contribution in [0.1, 0.15) is 35.0 Å². The smallest absolute Gasteiger partial charge is 0.256 e. The van der Waals surface area contributed by atoms with Gasteiger partial charge in [-0.3, -0.25) is 9.59 Å². The summed E-state index contributed by atoms with van der Waals surface area (Å²) >= 11 is 1.08. The van der Waals surface area contributed by atoms with Crippen LogP contribution in [-0.4, -0.2) is 16.2 Å². The normalized spacial score (nSPS) is 18.5. The summed E-state index contributed by atoms with van der Waals surface area (Å²) in [5.74, 6) is 0.146. The van der Waals surface area contributed by atoms with Gasteiger partial charge in [0.15, 0.2) is 0 Å². The van der Waals surface area contributed by atoms with Crippen molar-refractivity contribution in [3.05, 3.63) is 41.1 Å². The molecule has 0 bridgehead atoms. The second kappa shape index (κ2) is 6.42. The number of amides is 2. The standard InChI is InChI=1S/C17H16N4O2S/c1-9-6-13(9)16(23)19-12-5-3-4-11(7-12)15(22)20-17-14(8-18)10(2)21-24-17/h3-5,7,9,13H,6H2,1-2H3,(H,19,23)(H,20,22)/t9-,13+/m0/s1. The third-order valence-corrected chi connectivity index (χ3v) is 4.89. The summed E-state index contributed by atoms with van der Waals surface area (Å²) < 4.78 is 4.07. The molecule has 2 atom stereocenters. The minimum Gasteiger partial charge on any atom is -0.326 e. The number of nitrogens with one attached hydrogen (secondary N) is 2. The average molecular weight is 340 g/mol. The Kier molecular flexibility index (Phi) is 4.32. The van der Waals surface area contributed by atoms with Gasteiger partial charge in [-0.25, -0.2) is 0 Å². The Bertz CT molecular complexity index is 853. The Morgan fingerprint density at radius 3 is 2.79 bits per heavy atom. The molecule has 1 heterocycles. The monoisotopic (exact) mass is 340 g/mol. The van der Waals surface area contributed by atoms with Crippen LogP contribution in [0.2, 0.25) is 0 Å². The lowest BCUT2D eigenvalue weighted by Crippen LogP contribution is -2.16. The number of nitrogens with zero attached hydrogens (tertiary/aromatic N) is 2. The summed E-state index contributed by atoms with van der Waals surface area (Å²) in [7, 11) is 0. The van der Waals surface area contributed by atoms with Crippen LogP contribution in [0.4, 0.5) is 10.7 Å². The van der Waals surface area contributed by atoms with Gasteiger partial charge in [0.2, 0.25) is 5.91 Å². The van der Waals surface area contributed by atoms with Crippen molar-refractivity contribution in [1.29, 1.82) is 5.26 Å². The first-order chi connectivity index (χ1) is 11.5. The van der Waals surface area contributed by atoms with Crippen molar-refractivity contribution >= 4 is 34.0 Å². The van der Waals surface area contributed by atoms with E-state index in [-0.39, 0.29) is 17.7 Å². The second-order valence-electron chi connectivity index (χ2n) is 5.93. The fourth-order valence-electron chi connectivity index (χ4n) is 2.42. The lowest BCUT2D eigenvalue weighted by atomic mass is 10.1. The van der Waals surface area contributed by atoms with E-state index in [2.05, 4.69) is 15.0 Å². The molecule has 2 aromatic rings. The maximum Gasteiger partial charge on any atom is 0.256 e. The molecule has 1 aromatic carbocycles. The third kappa shape index (κ3) is 3.29. The number of hydrogen-bond donors (Lipinski definition) is 2. The number of carbonyl (C=O) groups is 2. The van der Waals surface area contributed by atoms with Crippen molar-refractivity contribution in [2.24, 2.45) is 11.8 Å². The Labute approximate surface area is 143 Å². The highest BCUT2D eigenvalue weighted by Crippen LogP contribution is 2.38. The molecule has 1 fully saturated rings. The summed E-state index contributed by atoms with van der Waals surface area (Å²) in [6, 6.07) is 8.78. The minimum absolute atomic E-state index is 0.00935. The van der Waals surface area contributed by atoms with E-state index in [9.17, 15) is 9.59 Å². The van der Waals surface area contributed by atoms with Crippen molar-refractivity contribution in [1.82, 2.24) is 4.37 Å². The van der Waals surface area contributed by atoms with Crippen LogP contribution >= 0.6 is 11.5 Å². The van der Waals surface area contributed by atoms with Crippen LogP contribution in [0.25, 0.3) is 0 Å². The molecule has 1 aliphatic carbocycles. The predicted octanol–water partition coefficient (Wildman–Crippen LogP) is 3.17. The number of aromatic nitrogens is 1. The highest BCUT2D eigenvalue weighted by atomic mass is 32.1. The topological polar surface area (TPSA) is 94.9 Å². The van der Waals surface area contributed by atoms with E-state index in [1.54, 1.807) is 31.2 Å². The number of anilines is 2. The van der Waals surface area contributed by atoms with Gasteiger partial charge in [-0.2, -0.15) is 9.64 Å². The lowest BCUT2D eigenvalue weighted by molar-refractivity contribution is -0.117. The summed E-state index contributed by atoms with van der Waals surface area (Å²) in [4.78, 5) is 24.4. The van der Waals surface area contributed by atoms with Gasteiger partial charge in [0, 0.05) is 17.2 Å². The fraction of sp³-hybridized carbons (Fsp3) is 0.294. The molecular formula is C17H16N4O2S. The molecule has 24 heavy (non-hydrogen) atoms. The lowest BCUT2D eigenvalue weighted by Gasteiger charge is -2.07. The molecule has 0 saturated heterocycles. The number of aryl methyl sites for hydroxylation is 1. The maximum absolute atomic E-state index is 12.4. The molecule has 0 unspecified atom stereocenters. The van der Waals surface area contributed by atoms with Crippen LogP contribution in [-0.2, 0) is 4.79 Å². The van der Waals surface area contributed by atoms with Gasteiger partial charge in [0.1, 0.15) is 16.6 Å². The molecule has 6 nitrogen and oxygen atoms in total. The number of nitriles is 1. The number of benzene rings is 1. The molecule has 1 aromatic heterocycles. The molecule has 2 amide bonds. The first kappa shape index (κ1) is 16.1. The van der Waals surface area contributed by atoms with Gasteiger partial charge in [-0.1, -0.05) is 13.0 Å². The SMILES string of the molecule is Cc1nsc(NC(=O)c2cccc(NC(=O)[C@@H]3C[C@@H]3C)c2)c1C#N. The Morgan fingerprint density at radius 1 is 1.38 bits per heavy atom. The predicted molar refractivity (Wildman–Crippen MR) is 91.9 cm³/mol. The highest BCUT2D eigenvalue weighted by Gasteiger charge is 2.39. The van der Waals surface area contributed by atoms with Crippen molar-refractivity contribution in [2.75, 3.05) is 10.6 Å². The van der Waals surface area contributed by atoms with Crippen LogP contribution in [0.5, 0.6) is 0 Å². The zero-order valence-electron chi connectivity index (χ0n) is 13.3. The molecule has 1 aliphatic rings. The molecule has 0 spiro atoms. The van der Waals surface area contributed by atoms with Crippen LogP contribution < -0.4 is 10.6 Å². The van der Waals surface area contributed by atoms with E-state index in [0.717, 1.165) is 18.0 Å². The summed E-state index contributed by atoms with van der Waals surface area (Å²) in [6.45, 7) is 3.76. The highest BCUT2D eigenvalue weighted by molar-refractivity contribution is 7.10. The summed E-state index contributed by atoms with van der Waals surface area (Å²) in [5.41, 5.74) is 1.97. The van der Waals surface area contributed by atoms with E-state index in [0.29, 0.717) is 33.4 Å². The number of rotatable bonds is 4. The van der Waals surface area contributed by atoms with Gasteiger partial charge in [0.25, 0.3) is 5.91 Å². The fourth-order valence-corrected chi connectivity index (χ4v) is 3.17. The number of carbonyl (C=O) groups excluding carboxylic acids is 2. The van der Waals surface area contributed by atoms with Crippen molar-refractivity contribution in [2.45, 2.75) is 20.3 Å². The van der Waals surface area contributed by atoms with E-state index >= 15 is 0 Å². The summed E-state index contributed by atoms with van der Waals surface area (Å²) in [5, 5.41) is 15.1. The molecule has 2 N–H and O–H groups in total. The Balaban J connectivity index is 1.72. The van der Waals surface area contributed by atoms with Gasteiger partial charge in [0.05, 0.1) is 5.69 Å². The van der Waals surface area contributed by atoms with E-state index in [1.165, 1.54) is 0 Å². The first-order valence-corrected chi connectivity index (χ1v) is 8.35. The largest absolute Gasteiger partial charge is 0.326 e. The van der Waals surface area contributed by atoms with Gasteiger partial charge >= 0.3 is 0 Å². The van der Waals surface area contributed by atoms with Crippen LogP contribution in [0.3, 0.4) is 0 Å². The van der Waals surface area contributed by atoms with Gasteiger partial charge < -0.3 is 10.6 Å². The third-order valence-electron chi connectivity index (χ3n) is 4.04. The zero-order chi connectivity index (χ0) is 17.3. The Morgan fingerprint density at radius 2 is 2.12 bits per heavy atom. The molecule has 0 radical (unpaired) electrons. The maximum atomic E-state index is 12.4. The van der Waals surface area contributed by atoms with Crippen molar-refractivity contribution < 1.29 is 9.59 Å². The summed E-state index contributed by atoms with van der Waals surface area (Å²) in [6.07, 6.45) is 0.910. The quantitative estimate of drug-likeness (QED) is 0.893. The van der Waals surface area contributed by atoms with Gasteiger partial charge in [-0.15, -0.1) is 0 Å². The average Bonchev–Trinajstić information content (AvgIpc) is 3.20. The van der Waals surface area contributed by atoms with Gasteiger partial charge in [-0.05, 0) is 49.0 Å². The van der Waals surface area contributed by atoms with Crippen LogP contribution in [0.15, 0.2) is 24.3 Å². The molecule has 1 saturated carbocycles. The molecule has 3 rings (SSSR count). The minimum atomic E-state index is -0.342.